The Morgan fingerprint density at radius 2 is 1.94 bits per heavy atom. The number of piperidine rings is 1. The lowest BCUT2D eigenvalue weighted by atomic mass is 9.73. The maximum Gasteiger partial charge on any atom is 0.336 e. The zero-order chi connectivity index (χ0) is 23.4. The number of rotatable bonds is 5. The molecule has 6 heterocycles. The highest BCUT2D eigenvalue weighted by Gasteiger charge is 2.56. The molecule has 2 atom stereocenters. The quantitative estimate of drug-likeness (QED) is 0.596. The van der Waals surface area contributed by atoms with Crippen molar-refractivity contribution in [1.29, 1.82) is 0 Å². The zero-order valence-electron chi connectivity index (χ0n) is 19.5. The molecule has 11 nitrogen and oxygen atoms in total. The summed E-state index contributed by atoms with van der Waals surface area (Å²) in [6.45, 7) is 5.56. The third-order valence-corrected chi connectivity index (χ3v) is 8.14. The summed E-state index contributed by atoms with van der Waals surface area (Å²) >= 11 is 0. The van der Waals surface area contributed by atoms with Crippen LogP contribution >= 0.6 is 0 Å². The van der Waals surface area contributed by atoms with E-state index >= 15 is 0 Å². The predicted octanol–water partition coefficient (Wildman–Crippen LogP) is 0.980. The number of aromatic nitrogens is 6. The van der Waals surface area contributed by atoms with Crippen LogP contribution in [0.5, 0.6) is 0 Å². The van der Waals surface area contributed by atoms with Crippen LogP contribution in [0.15, 0.2) is 23.7 Å². The second-order valence-corrected chi connectivity index (χ2v) is 10.0. The normalized spacial score (nSPS) is 29.1. The maximum atomic E-state index is 13.6. The van der Waals surface area contributed by atoms with E-state index in [2.05, 4.69) is 36.7 Å². The Kier molecular flexibility index (Phi) is 4.98. The Balaban J connectivity index is 1.13. The number of carbonyl (C=O) groups is 2. The minimum Gasteiger partial charge on any atom is -0.456 e. The predicted molar refractivity (Wildman–Crippen MR) is 118 cm³/mol. The van der Waals surface area contributed by atoms with Gasteiger partial charge in [-0.25, -0.2) is 4.79 Å². The number of amides is 1. The average Bonchev–Trinajstić information content (AvgIpc) is 3.58. The van der Waals surface area contributed by atoms with Gasteiger partial charge in [0.25, 0.3) is 0 Å². The van der Waals surface area contributed by atoms with Gasteiger partial charge in [-0.05, 0) is 68.0 Å². The highest BCUT2D eigenvalue weighted by atomic mass is 16.5. The molecular formula is C23H28N8O3. The molecule has 2 aromatic rings. The van der Waals surface area contributed by atoms with Crippen molar-refractivity contribution in [3.05, 3.63) is 34.9 Å². The van der Waals surface area contributed by atoms with Crippen molar-refractivity contribution in [2.24, 2.45) is 5.41 Å². The summed E-state index contributed by atoms with van der Waals surface area (Å²) in [7, 11) is 0. The van der Waals surface area contributed by atoms with Crippen LogP contribution in [0.2, 0.25) is 0 Å². The van der Waals surface area contributed by atoms with Gasteiger partial charge in [0.05, 0.1) is 22.4 Å². The van der Waals surface area contributed by atoms with Crippen molar-refractivity contribution >= 4 is 11.9 Å². The number of esters is 1. The first-order valence-electron chi connectivity index (χ1n) is 12.0. The molecule has 3 saturated heterocycles. The van der Waals surface area contributed by atoms with Gasteiger partial charge in [0, 0.05) is 31.6 Å². The molecular weight excluding hydrogens is 436 g/mol. The summed E-state index contributed by atoms with van der Waals surface area (Å²) in [4.78, 5) is 29.8. The molecule has 0 aromatic carbocycles. The number of cyclic esters (lactones) is 1. The van der Waals surface area contributed by atoms with Crippen LogP contribution in [-0.2, 0) is 20.7 Å². The van der Waals surface area contributed by atoms with Gasteiger partial charge in [-0.15, -0.1) is 10.2 Å². The van der Waals surface area contributed by atoms with Gasteiger partial charge >= 0.3 is 5.97 Å². The lowest BCUT2D eigenvalue weighted by Gasteiger charge is -2.43. The lowest BCUT2D eigenvalue weighted by Crippen LogP contribution is -2.51. The number of tetrazole rings is 1. The Morgan fingerprint density at radius 1 is 1.15 bits per heavy atom. The molecule has 6 rings (SSSR count). The van der Waals surface area contributed by atoms with E-state index in [1.54, 1.807) is 6.92 Å². The van der Waals surface area contributed by atoms with Crippen LogP contribution in [0, 0.1) is 12.3 Å². The maximum absolute atomic E-state index is 13.6. The summed E-state index contributed by atoms with van der Waals surface area (Å²) in [6.07, 6.45) is 7.23. The smallest absolute Gasteiger partial charge is 0.336 e. The number of fused-ring (bicyclic) bond motifs is 2. The molecule has 0 N–H and O–H groups in total. The van der Waals surface area contributed by atoms with Crippen LogP contribution in [0.3, 0.4) is 0 Å². The number of hydrogen-bond acceptors (Lipinski definition) is 9. The molecule has 0 saturated carbocycles. The van der Waals surface area contributed by atoms with Crippen LogP contribution in [0.4, 0.5) is 0 Å². The zero-order valence-corrected chi connectivity index (χ0v) is 19.5. The molecule has 1 amide bonds. The van der Waals surface area contributed by atoms with Gasteiger partial charge in [-0.1, -0.05) is 0 Å². The lowest BCUT2D eigenvalue weighted by molar-refractivity contribution is -0.139. The third-order valence-electron chi connectivity index (χ3n) is 8.14. The number of likely N-dealkylation sites (tertiary alicyclic amines) is 1. The fourth-order valence-electron chi connectivity index (χ4n) is 6.39. The second-order valence-electron chi connectivity index (χ2n) is 10.0. The number of ether oxygens (including phenoxy) is 1. The monoisotopic (exact) mass is 464 g/mol. The van der Waals surface area contributed by atoms with Crippen molar-refractivity contribution in [3.8, 4) is 5.82 Å². The molecule has 2 bridgehead atoms. The highest BCUT2D eigenvalue weighted by molar-refractivity contribution is 5.94. The molecule has 34 heavy (non-hydrogen) atoms. The first-order valence-corrected chi connectivity index (χ1v) is 12.0. The summed E-state index contributed by atoms with van der Waals surface area (Å²) in [5.74, 6) is 0.525. The first-order chi connectivity index (χ1) is 16.4. The summed E-state index contributed by atoms with van der Waals surface area (Å²) < 4.78 is 6.68. The highest BCUT2D eigenvalue weighted by Crippen LogP contribution is 2.51. The van der Waals surface area contributed by atoms with E-state index in [9.17, 15) is 9.59 Å². The first kappa shape index (κ1) is 21.3. The third kappa shape index (κ3) is 3.32. The molecule has 4 aliphatic rings. The van der Waals surface area contributed by atoms with Crippen LogP contribution in [-0.4, -0.2) is 83.9 Å². The SMILES string of the molecule is CC1=C(N2CCC3(CC4CCC(C3)N4CCc3cc(C)c(-n4cnnn4)nn3)C2=O)COC1=O. The van der Waals surface area contributed by atoms with Crippen molar-refractivity contribution < 1.29 is 14.3 Å². The Hall–Kier alpha value is -3.21. The average molecular weight is 465 g/mol. The fraction of sp³-hybridized carbons (Fsp3) is 0.609. The fourth-order valence-corrected chi connectivity index (χ4v) is 6.39. The van der Waals surface area contributed by atoms with E-state index in [0.29, 0.717) is 30.0 Å². The topological polar surface area (TPSA) is 119 Å². The van der Waals surface area contributed by atoms with E-state index in [0.717, 1.165) is 62.0 Å². The van der Waals surface area contributed by atoms with E-state index in [1.807, 2.05) is 11.8 Å². The van der Waals surface area contributed by atoms with Crippen molar-refractivity contribution in [2.75, 3.05) is 19.7 Å². The molecule has 3 fully saturated rings. The number of nitrogens with zero attached hydrogens (tertiary/aromatic N) is 8. The number of aryl methyl sites for hydroxylation is 1. The molecule has 0 aliphatic carbocycles. The molecule has 178 valence electrons. The largest absolute Gasteiger partial charge is 0.456 e. The molecule has 4 aliphatic heterocycles. The van der Waals surface area contributed by atoms with Gasteiger partial charge in [0.2, 0.25) is 5.91 Å². The summed E-state index contributed by atoms with van der Waals surface area (Å²) in [5, 5.41) is 19.9. The van der Waals surface area contributed by atoms with Crippen molar-refractivity contribution in [3.63, 3.8) is 0 Å². The second kappa shape index (κ2) is 7.93. The Morgan fingerprint density at radius 3 is 2.59 bits per heavy atom. The van der Waals surface area contributed by atoms with Gasteiger partial charge in [0.1, 0.15) is 12.9 Å². The van der Waals surface area contributed by atoms with Crippen LogP contribution in [0.25, 0.3) is 5.82 Å². The van der Waals surface area contributed by atoms with Gasteiger partial charge in [-0.2, -0.15) is 9.78 Å². The Labute approximate surface area is 197 Å². The molecule has 0 radical (unpaired) electrons. The van der Waals surface area contributed by atoms with E-state index in [4.69, 9.17) is 4.74 Å². The molecule has 11 heteroatoms. The molecule has 1 spiro atoms. The number of carbonyl (C=O) groups excluding carboxylic acids is 2. The van der Waals surface area contributed by atoms with Crippen LogP contribution < -0.4 is 0 Å². The molecule has 2 unspecified atom stereocenters. The van der Waals surface area contributed by atoms with Gasteiger partial charge in [-0.3, -0.25) is 9.69 Å². The van der Waals surface area contributed by atoms with Gasteiger partial charge < -0.3 is 9.64 Å². The standard InChI is InChI=1S/C23H28N8O3/c1-14-9-16(25-26-20(14)31-13-24-27-28-31)5-7-29-17-3-4-18(29)11-23(10-17)6-8-30(22(23)33)19-12-34-21(32)15(19)2/h9,13,17-18H,3-8,10-12H2,1-2H3. The number of hydrogen-bond donors (Lipinski definition) is 0. The molecule has 2 aromatic heterocycles. The summed E-state index contributed by atoms with van der Waals surface area (Å²) in [6, 6.07) is 2.87. The van der Waals surface area contributed by atoms with Crippen LogP contribution in [0.1, 0.15) is 50.3 Å². The van der Waals surface area contributed by atoms with E-state index < -0.39 is 0 Å². The van der Waals surface area contributed by atoms with Crippen molar-refractivity contribution in [2.45, 2.75) is 64.5 Å². The van der Waals surface area contributed by atoms with Crippen molar-refractivity contribution in [1.82, 2.24) is 40.2 Å². The minimum absolute atomic E-state index is 0.191. The minimum atomic E-state index is -0.303. The van der Waals surface area contributed by atoms with E-state index in [1.165, 1.54) is 11.0 Å². The van der Waals surface area contributed by atoms with E-state index in [-0.39, 0.29) is 23.9 Å². The Bertz CT molecular complexity index is 1160. The summed E-state index contributed by atoms with van der Waals surface area (Å²) in [5.41, 5.74) is 2.97. The van der Waals surface area contributed by atoms with Gasteiger partial charge in [0.15, 0.2) is 5.82 Å².